The van der Waals surface area contributed by atoms with Crippen LogP contribution in [0.3, 0.4) is 0 Å². The van der Waals surface area contributed by atoms with Crippen LogP contribution in [0.1, 0.15) is 70.4 Å². The number of hydrogen-bond donors (Lipinski definition) is 2. The predicted octanol–water partition coefficient (Wildman–Crippen LogP) is 4.24. The van der Waals surface area contributed by atoms with Gasteiger partial charge in [-0.05, 0) is 34.9 Å². The van der Waals surface area contributed by atoms with Gasteiger partial charge in [-0.15, -0.1) is 11.8 Å². The van der Waals surface area contributed by atoms with Crippen molar-refractivity contribution in [2.75, 3.05) is 0 Å². The van der Waals surface area contributed by atoms with Gasteiger partial charge in [0, 0.05) is 5.56 Å². The average molecular weight is 321 g/mol. The molecule has 1 aliphatic rings. The first-order valence-electron chi connectivity index (χ1n) is 7.75. The van der Waals surface area contributed by atoms with Crippen molar-refractivity contribution in [1.82, 2.24) is 5.32 Å². The highest BCUT2D eigenvalue weighted by atomic mass is 32.2. The van der Waals surface area contributed by atoms with Crippen molar-refractivity contribution < 1.29 is 9.90 Å². The van der Waals surface area contributed by atoms with Gasteiger partial charge >= 0.3 is 0 Å². The van der Waals surface area contributed by atoms with E-state index in [0.717, 1.165) is 16.7 Å². The molecule has 2 atom stereocenters. The number of carbonyl (C=O) groups is 1. The second-order valence-electron chi connectivity index (χ2n) is 8.09. The molecule has 1 aromatic carbocycles. The fourth-order valence-corrected chi connectivity index (χ4v) is 4.31. The number of nitrogens with one attached hydrogen (secondary N) is 1. The van der Waals surface area contributed by atoms with E-state index in [1.54, 1.807) is 17.8 Å². The first kappa shape index (κ1) is 17.2. The summed E-state index contributed by atoms with van der Waals surface area (Å²) in [6.45, 7) is 14.7. The van der Waals surface area contributed by atoms with Gasteiger partial charge in [-0.3, -0.25) is 4.79 Å². The molecule has 1 amide bonds. The molecule has 2 N–H and O–H groups in total. The van der Waals surface area contributed by atoms with Gasteiger partial charge in [0.15, 0.2) is 0 Å². The third kappa shape index (κ3) is 3.12. The summed E-state index contributed by atoms with van der Waals surface area (Å²) in [6.07, 6.45) is 0. The number of hydrogen-bond acceptors (Lipinski definition) is 3. The normalized spacial score (nSPS) is 22.8. The third-order valence-electron chi connectivity index (χ3n) is 3.92. The van der Waals surface area contributed by atoms with E-state index in [-0.39, 0.29) is 27.4 Å². The summed E-state index contributed by atoms with van der Waals surface area (Å²) < 4.78 is 0. The van der Waals surface area contributed by atoms with E-state index in [2.05, 4.69) is 46.9 Å². The molecule has 4 heteroatoms. The number of carbonyl (C=O) groups excluding carboxylic acids is 1. The van der Waals surface area contributed by atoms with Gasteiger partial charge in [-0.1, -0.05) is 47.6 Å². The highest BCUT2D eigenvalue weighted by Gasteiger charge is 2.38. The molecular formula is C18H27NO2S. The van der Waals surface area contributed by atoms with Crippen molar-refractivity contribution in [3.05, 3.63) is 28.8 Å². The molecule has 0 aromatic heterocycles. The molecule has 122 valence electrons. The van der Waals surface area contributed by atoms with Crippen LogP contribution in [0, 0.1) is 0 Å². The van der Waals surface area contributed by atoms with Gasteiger partial charge < -0.3 is 10.4 Å². The van der Waals surface area contributed by atoms with E-state index in [1.165, 1.54) is 0 Å². The third-order valence-corrected chi connectivity index (χ3v) is 5.19. The summed E-state index contributed by atoms with van der Waals surface area (Å²) >= 11 is 1.64. The van der Waals surface area contributed by atoms with E-state index < -0.39 is 0 Å². The van der Waals surface area contributed by atoms with Crippen molar-refractivity contribution in [3.8, 4) is 5.75 Å². The van der Waals surface area contributed by atoms with Gasteiger partial charge in [0.1, 0.15) is 11.0 Å². The number of phenolic OH excluding ortho intramolecular Hbond substituents is 1. The summed E-state index contributed by atoms with van der Waals surface area (Å²) in [4.78, 5) is 12.3. The Hall–Kier alpha value is -1.16. The molecule has 2 unspecified atom stereocenters. The quantitative estimate of drug-likeness (QED) is 0.813. The molecule has 1 aromatic rings. The van der Waals surface area contributed by atoms with Gasteiger partial charge in [0.2, 0.25) is 5.91 Å². The number of benzene rings is 1. The van der Waals surface area contributed by atoms with Gasteiger partial charge in [-0.2, -0.15) is 0 Å². The van der Waals surface area contributed by atoms with Crippen LogP contribution < -0.4 is 5.32 Å². The maximum Gasteiger partial charge on any atom is 0.238 e. The Morgan fingerprint density at radius 2 is 1.59 bits per heavy atom. The molecule has 0 saturated carbocycles. The molecule has 0 aliphatic carbocycles. The molecular weight excluding hydrogens is 294 g/mol. The predicted molar refractivity (Wildman–Crippen MR) is 93.4 cm³/mol. The van der Waals surface area contributed by atoms with Gasteiger partial charge in [0.05, 0.1) is 5.37 Å². The standard InChI is InChI=1S/C18H27NO2S/c1-10-19-16(21)15(22-10)11-8-9-12(20)14(18(5,6)7)13(11)17(2,3)4/h8-10,15,20H,1-7H3,(H,19,21). The number of thioether (sulfide) groups is 1. The highest BCUT2D eigenvalue weighted by molar-refractivity contribution is 8.01. The zero-order chi connectivity index (χ0) is 16.9. The molecule has 0 radical (unpaired) electrons. The van der Waals surface area contributed by atoms with Crippen LogP contribution in [0.5, 0.6) is 5.75 Å². The number of amides is 1. The second-order valence-corrected chi connectivity index (χ2v) is 9.54. The lowest BCUT2D eigenvalue weighted by Gasteiger charge is -2.34. The fraction of sp³-hybridized carbons (Fsp3) is 0.611. The Balaban J connectivity index is 2.73. The monoisotopic (exact) mass is 321 g/mol. The first-order chi connectivity index (χ1) is 9.93. The van der Waals surface area contributed by atoms with Crippen LogP contribution in [-0.4, -0.2) is 16.4 Å². The summed E-state index contributed by atoms with van der Waals surface area (Å²) in [5.74, 6) is 0.381. The number of phenols is 1. The Morgan fingerprint density at radius 3 is 2.00 bits per heavy atom. The van der Waals surface area contributed by atoms with Crippen molar-refractivity contribution in [3.63, 3.8) is 0 Å². The smallest absolute Gasteiger partial charge is 0.238 e. The molecule has 0 spiro atoms. The topological polar surface area (TPSA) is 49.3 Å². The highest BCUT2D eigenvalue weighted by Crippen LogP contribution is 2.47. The van der Waals surface area contributed by atoms with Crippen LogP contribution in [0.4, 0.5) is 0 Å². The minimum atomic E-state index is -0.203. The van der Waals surface area contributed by atoms with E-state index >= 15 is 0 Å². The zero-order valence-electron chi connectivity index (χ0n) is 14.6. The van der Waals surface area contributed by atoms with Crippen LogP contribution in [0.25, 0.3) is 0 Å². The molecule has 1 saturated heterocycles. The molecule has 22 heavy (non-hydrogen) atoms. The molecule has 0 bridgehead atoms. The van der Waals surface area contributed by atoms with Crippen LogP contribution in [0.2, 0.25) is 0 Å². The Kier molecular flexibility index (Phi) is 4.29. The van der Waals surface area contributed by atoms with E-state index in [9.17, 15) is 9.90 Å². The van der Waals surface area contributed by atoms with Gasteiger partial charge in [-0.25, -0.2) is 0 Å². The lowest BCUT2D eigenvalue weighted by atomic mass is 9.72. The minimum absolute atomic E-state index is 0.0635. The van der Waals surface area contributed by atoms with E-state index in [1.807, 2.05) is 13.0 Å². The van der Waals surface area contributed by atoms with Crippen molar-refractivity contribution in [1.29, 1.82) is 0 Å². The molecule has 1 heterocycles. The largest absolute Gasteiger partial charge is 0.508 e. The maximum absolute atomic E-state index is 12.3. The first-order valence-corrected chi connectivity index (χ1v) is 8.70. The molecule has 3 nitrogen and oxygen atoms in total. The molecule has 2 rings (SSSR count). The zero-order valence-corrected chi connectivity index (χ0v) is 15.4. The van der Waals surface area contributed by atoms with Crippen molar-refractivity contribution >= 4 is 17.7 Å². The Labute approximate surface area is 137 Å². The lowest BCUT2D eigenvalue weighted by molar-refractivity contribution is -0.120. The van der Waals surface area contributed by atoms with Crippen molar-refractivity contribution in [2.24, 2.45) is 0 Å². The van der Waals surface area contributed by atoms with Crippen LogP contribution in [0.15, 0.2) is 12.1 Å². The van der Waals surface area contributed by atoms with E-state index in [4.69, 9.17) is 0 Å². The van der Waals surface area contributed by atoms with Crippen LogP contribution in [-0.2, 0) is 15.6 Å². The number of rotatable bonds is 1. The maximum atomic E-state index is 12.3. The summed E-state index contributed by atoms with van der Waals surface area (Å²) in [7, 11) is 0. The summed E-state index contributed by atoms with van der Waals surface area (Å²) in [5.41, 5.74) is 2.74. The molecule has 1 fully saturated rings. The Morgan fingerprint density at radius 1 is 1.05 bits per heavy atom. The summed E-state index contributed by atoms with van der Waals surface area (Å²) in [5, 5.41) is 13.4. The Bertz CT molecular complexity index is 596. The minimum Gasteiger partial charge on any atom is -0.508 e. The van der Waals surface area contributed by atoms with Crippen molar-refractivity contribution in [2.45, 2.75) is 69.9 Å². The van der Waals surface area contributed by atoms with Gasteiger partial charge in [0.25, 0.3) is 0 Å². The lowest BCUT2D eigenvalue weighted by Crippen LogP contribution is -2.27. The van der Waals surface area contributed by atoms with E-state index in [0.29, 0.717) is 5.75 Å². The van der Waals surface area contributed by atoms with Crippen LogP contribution >= 0.6 is 11.8 Å². The average Bonchev–Trinajstić information content (AvgIpc) is 2.65. The summed E-state index contributed by atoms with van der Waals surface area (Å²) in [6, 6.07) is 3.66. The number of aromatic hydroxyl groups is 1. The SMILES string of the molecule is CC1NC(=O)C(c2ccc(O)c(C(C)(C)C)c2C(C)(C)C)S1. The molecule has 1 aliphatic heterocycles. The second kappa shape index (κ2) is 5.48. The fourth-order valence-electron chi connectivity index (χ4n) is 3.18.